The highest BCUT2D eigenvalue weighted by molar-refractivity contribution is 5.78. The van der Waals surface area contributed by atoms with Crippen molar-refractivity contribution in [3.63, 3.8) is 0 Å². The smallest absolute Gasteiger partial charge is 0.410 e. The second-order valence-electron chi connectivity index (χ2n) is 9.10. The summed E-state index contributed by atoms with van der Waals surface area (Å²) in [5.74, 6) is 0.708. The summed E-state index contributed by atoms with van der Waals surface area (Å²) in [5, 5.41) is 0. The van der Waals surface area contributed by atoms with E-state index in [0.717, 1.165) is 37.7 Å². The molecule has 1 fully saturated rings. The molecule has 0 spiro atoms. The zero-order chi connectivity index (χ0) is 21.6. The normalized spacial score (nSPS) is 19.3. The fourth-order valence-electron chi connectivity index (χ4n) is 4.19. The third-order valence-electron chi connectivity index (χ3n) is 5.85. The molecule has 5 nitrogen and oxygen atoms in total. The molecule has 0 bridgehead atoms. The molecule has 29 heavy (non-hydrogen) atoms. The largest absolute Gasteiger partial charge is 0.445 e. The molecule has 1 saturated carbocycles. The molecular formula is C24H38N2O3. The SMILES string of the molecule is CC(C)Cc1ccc(COC(=O)N(C)C2CCCCC2N(C)C(=O)C(C)C)cc1. The molecule has 0 radical (unpaired) electrons. The zero-order valence-corrected chi connectivity index (χ0v) is 19.0. The quantitative estimate of drug-likeness (QED) is 0.653. The van der Waals surface area contributed by atoms with Gasteiger partial charge in [-0.15, -0.1) is 0 Å². The first-order valence-corrected chi connectivity index (χ1v) is 10.9. The lowest BCUT2D eigenvalue weighted by Crippen LogP contribution is -2.55. The Morgan fingerprint density at radius 2 is 1.45 bits per heavy atom. The van der Waals surface area contributed by atoms with Gasteiger partial charge >= 0.3 is 6.09 Å². The predicted molar refractivity (Wildman–Crippen MR) is 117 cm³/mol. The Hall–Kier alpha value is -2.04. The lowest BCUT2D eigenvalue weighted by atomic mass is 9.88. The summed E-state index contributed by atoms with van der Waals surface area (Å²) in [5.41, 5.74) is 2.29. The highest BCUT2D eigenvalue weighted by atomic mass is 16.6. The van der Waals surface area contributed by atoms with Gasteiger partial charge in [0.25, 0.3) is 0 Å². The fraction of sp³-hybridized carbons (Fsp3) is 0.667. The van der Waals surface area contributed by atoms with Gasteiger partial charge in [-0.1, -0.05) is 64.8 Å². The molecular weight excluding hydrogens is 364 g/mol. The van der Waals surface area contributed by atoms with Crippen LogP contribution in [0.25, 0.3) is 0 Å². The Bertz CT molecular complexity index is 669. The van der Waals surface area contributed by atoms with Gasteiger partial charge in [-0.05, 0) is 36.3 Å². The highest BCUT2D eigenvalue weighted by Gasteiger charge is 2.36. The maximum atomic E-state index is 12.7. The van der Waals surface area contributed by atoms with Crippen molar-refractivity contribution in [2.45, 2.75) is 78.5 Å². The van der Waals surface area contributed by atoms with Crippen molar-refractivity contribution in [2.75, 3.05) is 14.1 Å². The molecule has 2 unspecified atom stereocenters. The number of benzene rings is 1. The number of carbonyl (C=O) groups is 2. The Kier molecular flexibility index (Phi) is 8.54. The maximum absolute atomic E-state index is 12.7. The molecule has 0 aliphatic heterocycles. The fourth-order valence-corrected chi connectivity index (χ4v) is 4.19. The van der Waals surface area contributed by atoms with Crippen LogP contribution in [0.5, 0.6) is 0 Å². The van der Waals surface area contributed by atoms with Crippen LogP contribution in [0.15, 0.2) is 24.3 Å². The van der Waals surface area contributed by atoms with Crippen LogP contribution < -0.4 is 0 Å². The predicted octanol–water partition coefficient (Wildman–Crippen LogP) is 4.88. The second-order valence-corrected chi connectivity index (χ2v) is 9.10. The maximum Gasteiger partial charge on any atom is 0.410 e. The Balaban J connectivity index is 1.95. The van der Waals surface area contributed by atoms with Gasteiger partial charge in [-0.2, -0.15) is 0 Å². The minimum Gasteiger partial charge on any atom is -0.445 e. The van der Waals surface area contributed by atoms with E-state index in [-0.39, 0.29) is 36.6 Å². The molecule has 2 atom stereocenters. The minimum absolute atomic E-state index is 0.00244. The number of nitrogens with zero attached hydrogens (tertiary/aromatic N) is 2. The van der Waals surface area contributed by atoms with Crippen molar-refractivity contribution >= 4 is 12.0 Å². The van der Waals surface area contributed by atoms with E-state index in [1.165, 1.54) is 5.56 Å². The lowest BCUT2D eigenvalue weighted by molar-refractivity contribution is -0.137. The minimum atomic E-state index is -0.321. The van der Waals surface area contributed by atoms with E-state index in [0.29, 0.717) is 5.92 Å². The summed E-state index contributed by atoms with van der Waals surface area (Å²) >= 11 is 0. The van der Waals surface area contributed by atoms with Crippen molar-refractivity contribution in [2.24, 2.45) is 11.8 Å². The van der Waals surface area contributed by atoms with E-state index in [1.807, 2.05) is 37.9 Å². The van der Waals surface area contributed by atoms with Crippen molar-refractivity contribution < 1.29 is 14.3 Å². The molecule has 1 aliphatic carbocycles. The molecule has 2 rings (SSSR count). The van der Waals surface area contributed by atoms with Crippen LogP contribution in [0.3, 0.4) is 0 Å². The number of hydrogen-bond acceptors (Lipinski definition) is 3. The van der Waals surface area contributed by atoms with Gasteiger partial charge in [0.1, 0.15) is 6.61 Å². The Morgan fingerprint density at radius 1 is 0.931 bits per heavy atom. The van der Waals surface area contributed by atoms with Crippen LogP contribution in [0, 0.1) is 11.8 Å². The molecule has 1 aliphatic rings. The average molecular weight is 403 g/mol. The van der Waals surface area contributed by atoms with Crippen LogP contribution in [-0.2, 0) is 22.6 Å². The summed E-state index contributed by atoms with van der Waals surface area (Å²) in [6, 6.07) is 8.32. The van der Waals surface area contributed by atoms with Gasteiger partial charge in [0.15, 0.2) is 0 Å². The number of hydrogen-bond donors (Lipinski definition) is 0. The van der Waals surface area contributed by atoms with Crippen molar-refractivity contribution in [1.82, 2.24) is 9.80 Å². The molecule has 1 aromatic carbocycles. The van der Waals surface area contributed by atoms with Crippen molar-refractivity contribution in [1.29, 1.82) is 0 Å². The third kappa shape index (κ3) is 6.48. The number of rotatable bonds is 7. The average Bonchev–Trinajstić information content (AvgIpc) is 2.70. The van der Waals surface area contributed by atoms with Gasteiger partial charge in [-0.3, -0.25) is 4.79 Å². The first-order chi connectivity index (χ1) is 13.7. The Labute approximate surface area is 176 Å². The van der Waals surface area contributed by atoms with Gasteiger partial charge in [0.2, 0.25) is 5.91 Å². The van der Waals surface area contributed by atoms with Crippen LogP contribution in [-0.4, -0.2) is 48.0 Å². The number of amides is 2. The molecule has 5 heteroatoms. The van der Waals surface area contributed by atoms with Crippen molar-refractivity contribution in [3.8, 4) is 0 Å². The molecule has 2 amide bonds. The van der Waals surface area contributed by atoms with Gasteiger partial charge in [0, 0.05) is 20.0 Å². The zero-order valence-electron chi connectivity index (χ0n) is 19.0. The summed E-state index contributed by atoms with van der Waals surface area (Å²) < 4.78 is 5.58. The molecule has 0 N–H and O–H groups in total. The van der Waals surface area contributed by atoms with E-state index in [2.05, 4.69) is 26.0 Å². The van der Waals surface area contributed by atoms with Crippen LogP contribution in [0.1, 0.15) is 64.5 Å². The molecule has 0 aromatic heterocycles. The highest BCUT2D eigenvalue weighted by Crippen LogP contribution is 2.27. The standard InChI is InChI=1S/C24H38N2O3/c1-17(2)15-19-11-13-20(14-12-19)16-29-24(28)26(6)22-10-8-7-9-21(22)25(5)23(27)18(3)4/h11-14,17-18,21-22H,7-10,15-16H2,1-6H3. The van der Waals surface area contributed by atoms with Crippen LogP contribution >= 0.6 is 0 Å². The van der Waals surface area contributed by atoms with E-state index < -0.39 is 0 Å². The van der Waals surface area contributed by atoms with E-state index >= 15 is 0 Å². The monoisotopic (exact) mass is 402 g/mol. The third-order valence-corrected chi connectivity index (χ3v) is 5.85. The van der Waals surface area contributed by atoms with Gasteiger partial charge in [-0.25, -0.2) is 4.79 Å². The summed E-state index contributed by atoms with van der Waals surface area (Å²) in [6.07, 6.45) is 4.71. The summed E-state index contributed by atoms with van der Waals surface area (Å²) in [6.45, 7) is 8.51. The first kappa shape index (κ1) is 23.2. The van der Waals surface area contributed by atoms with Gasteiger partial charge < -0.3 is 14.5 Å². The number of ether oxygens (including phenoxy) is 1. The van der Waals surface area contributed by atoms with Gasteiger partial charge in [0.05, 0.1) is 12.1 Å². The Morgan fingerprint density at radius 3 is 1.97 bits per heavy atom. The number of carbonyl (C=O) groups excluding carboxylic acids is 2. The topological polar surface area (TPSA) is 49.9 Å². The van der Waals surface area contributed by atoms with Crippen LogP contribution in [0.4, 0.5) is 4.79 Å². The van der Waals surface area contributed by atoms with E-state index in [4.69, 9.17) is 4.74 Å². The first-order valence-electron chi connectivity index (χ1n) is 10.9. The molecule has 0 saturated heterocycles. The molecule has 162 valence electrons. The van der Waals surface area contributed by atoms with Crippen molar-refractivity contribution in [3.05, 3.63) is 35.4 Å². The molecule has 0 heterocycles. The lowest BCUT2D eigenvalue weighted by Gasteiger charge is -2.42. The summed E-state index contributed by atoms with van der Waals surface area (Å²) in [4.78, 5) is 28.7. The molecule has 1 aromatic rings. The number of likely N-dealkylation sites (N-methyl/N-ethyl adjacent to an activating group) is 2. The second kappa shape index (κ2) is 10.7. The van der Waals surface area contributed by atoms with E-state index in [9.17, 15) is 9.59 Å². The van der Waals surface area contributed by atoms with Crippen LogP contribution in [0.2, 0.25) is 0 Å². The summed E-state index contributed by atoms with van der Waals surface area (Å²) in [7, 11) is 3.66. The van der Waals surface area contributed by atoms with E-state index in [1.54, 1.807) is 11.9 Å².